The lowest BCUT2D eigenvalue weighted by Gasteiger charge is -1.99. The van der Waals surface area contributed by atoms with Gasteiger partial charge in [0.05, 0.1) is 6.26 Å². The van der Waals surface area contributed by atoms with E-state index in [1.807, 2.05) is 6.07 Å². The monoisotopic (exact) mass is 160 g/mol. The molecule has 12 heavy (non-hydrogen) atoms. The van der Waals surface area contributed by atoms with Gasteiger partial charge < -0.3 is 4.42 Å². The van der Waals surface area contributed by atoms with E-state index in [9.17, 15) is 0 Å². The zero-order chi connectivity index (χ0) is 8.55. The highest BCUT2D eigenvalue weighted by molar-refractivity contribution is 5.81. The largest absolute Gasteiger partial charge is 0.464 e. The van der Waals surface area contributed by atoms with Crippen molar-refractivity contribution in [3.63, 3.8) is 0 Å². The molecule has 0 atom stereocenters. The van der Waals surface area contributed by atoms with Crippen molar-refractivity contribution in [2.24, 2.45) is 0 Å². The van der Waals surface area contributed by atoms with E-state index in [4.69, 9.17) is 4.42 Å². The highest BCUT2D eigenvalue weighted by Gasteiger charge is 2.02. The number of rotatable bonds is 1. The number of fused-ring (bicyclic) bond motifs is 1. The third-order valence-electron chi connectivity index (χ3n) is 2.18. The average molecular weight is 160 g/mol. The Bertz CT molecular complexity index is 398. The van der Waals surface area contributed by atoms with Crippen LogP contribution in [0.15, 0.2) is 28.9 Å². The normalized spacial score (nSPS) is 10.8. The summed E-state index contributed by atoms with van der Waals surface area (Å²) in [4.78, 5) is 0. The predicted molar refractivity (Wildman–Crippen MR) is 50.3 cm³/mol. The molecule has 0 spiro atoms. The van der Waals surface area contributed by atoms with E-state index in [1.54, 1.807) is 6.26 Å². The molecule has 62 valence electrons. The molecule has 1 heteroatoms. The summed E-state index contributed by atoms with van der Waals surface area (Å²) in [5.41, 5.74) is 3.65. The summed E-state index contributed by atoms with van der Waals surface area (Å²) in [5, 5.41) is 1.25. The molecule has 2 rings (SSSR count). The highest BCUT2D eigenvalue weighted by Crippen LogP contribution is 2.22. The van der Waals surface area contributed by atoms with Crippen molar-refractivity contribution in [3.05, 3.63) is 35.6 Å². The maximum Gasteiger partial charge on any atom is 0.134 e. The maximum atomic E-state index is 5.34. The quantitative estimate of drug-likeness (QED) is 0.623. The molecule has 0 N–H and O–H groups in total. The van der Waals surface area contributed by atoms with Crippen LogP contribution in [0.2, 0.25) is 0 Å². The molecule has 0 unspecified atom stereocenters. The highest BCUT2D eigenvalue weighted by atomic mass is 16.3. The van der Waals surface area contributed by atoms with Gasteiger partial charge >= 0.3 is 0 Å². The third-order valence-corrected chi connectivity index (χ3v) is 2.18. The Morgan fingerprint density at radius 1 is 1.33 bits per heavy atom. The molecule has 1 aromatic carbocycles. The molecule has 0 aliphatic heterocycles. The molecular formula is C11H12O. The molecule has 0 fully saturated rings. The van der Waals surface area contributed by atoms with E-state index < -0.39 is 0 Å². The van der Waals surface area contributed by atoms with Crippen LogP contribution in [-0.2, 0) is 6.42 Å². The van der Waals surface area contributed by atoms with Crippen molar-refractivity contribution in [2.45, 2.75) is 20.3 Å². The first kappa shape index (κ1) is 7.41. The van der Waals surface area contributed by atoms with E-state index in [1.165, 1.54) is 16.5 Å². The topological polar surface area (TPSA) is 13.1 Å². The van der Waals surface area contributed by atoms with Gasteiger partial charge in [-0.25, -0.2) is 0 Å². The predicted octanol–water partition coefficient (Wildman–Crippen LogP) is 3.30. The van der Waals surface area contributed by atoms with Gasteiger partial charge in [-0.3, -0.25) is 0 Å². The Morgan fingerprint density at radius 3 is 2.92 bits per heavy atom. The minimum absolute atomic E-state index is 1.01. The van der Waals surface area contributed by atoms with Crippen LogP contribution in [0.25, 0.3) is 11.0 Å². The summed E-state index contributed by atoms with van der Waals surface area (Å²) in [7, 11) is 0. The lowest BCUT2D eigenvalue weighted by molar-refractivity contribution is 0.615. The van der Waals surface area contributed by atoms with Crippen LogP contribution in [0.1, 0.15) is 18.1 Å². The standard InChI is InChI=1S/C11H12O/c1-3-9-6-8(2)7-11-10(9)4-5-12-11/h4-7H,3H2,1-2H3. The molecule has 0 amide bonds. The molecule has 1 nitrogen and oxygen atoms in total. The second-order valence-corrected chi connectivity index (χ2v) is 3.11. The first-order chi connectivity index (χ1) is 5.81. The molecule has 0 radical (unpaired) electrons. The molecule has 0 aliphatic carbocycles. The number of benzene rings is 1. The number of hydrogen-bond donors (Lipinski definition) is 0. The summed E-state index contributed by atoms with van der Waals surface area (Å²) in [6.07, 6.45) is 2.82. The Balaban J connectivity index is 2.80. The van der Waals surface area contributed by atoms with Gasteiger partial charge in [0, 0.05) is 5.39 Å². The van der Waals surface area contributed by atoms with Crippen LogP contribution in [0.5, 0.6) is 0 Å². The minimum atomic E-state index is 1.01. The summed E-state index contributed by atoms with van der Waals surface area (Å²) in [5.74, 6) is 0. The second-order valence-electron chi connectivity index (χ2n) is 3.11. The van der Waals surface area contributed by atoms with Gasteiger partial charge in [0.25, 0.3) is 0 Å². The Hall–Kier alpha value is -1.24. The van der Waals surface area contributed by atoms with Crippen LogP contribution >= 0.6 is 0 Å². The number of furan rings is 1. The maximum absolute atomic E-state index is 5.34. The van der Waals surface area contributed by atoms with Crippen LogP contribution in [0.3, 0.4) is 0 Å². The number of hydrogen-bond acceptors (Lipinski definition) is 1. The SMILES string of the molecule is CCc1cc(C)cc2occc12. The van der Waals surface area contributed by atoms with E-state index in [2.05, 4.69) is 26.0 Å². The smallest absolute Gasteiger partial charge is 0.134 e. The Kier molecular flexibility index (Phi) is 1.65. The lowest BCUT2D eigenvalue weighted by atomic mass is 10.1. The summed E-state index contributed by atoms with van der Waals surface area (Å²) in [6, 6.07) is 6.33. The van der Waals surface area contributed by atoms with Crippen LogP contribution < -0.4 is 0 Å². The second kappa shape index (κ2) is 2.67. The number of aryl methyl sites for hydroxylation is 2. The van der Waals surface area contributed by atoms with Crippen molar-refractivity contribution in [1.29, 1.82) is 0 Å². The zero-order valence-corrected chi connectivity index (χ0v) is 7.42. The van der Waals surface area contributed by atoms with Crippen LogP contribution in [0, 0.1) is 6.92 Å². The van der Waals surface area contributed by atoms with Crippen molar-refractivity contribution in [1.82, 2.24) is 0 Å². The van der Waals surface area contributed by atoms with Gasteiger partial charge in [-0.1, -0.05) is 13.0 Å². The van der Waals surface area contributed by atoms with Crippen molar-refractivity contribution in [2.75, 3.05) is 0 Å². The van der Waals surface area contributed by atoms with Gasteiger partial charge in [0.1, 0.15) is 5.58 Å². The molecule has 1 aromatic heterocycles. The average Bonchev–Trinajstić information content (AvgIpc) is 2.50. The third kappa shape index (κ3) is 1.02. The molecule has 0 saturated heterocycles. The molecular weight excluding hydrogens is 148 g/mol. The first-order valence-corrected chi connectivity index (χ1v) is 4.28. The van der Waals surface area contributed by atoms with Gasteiger partial charge in [-0.05, 0) is 36.6 Å². The van der Waals surface area contributed by atoms with E-state index in [0.29, 0.717) is 0 Å². The summed E-state index contributed by atoms with van der Waals surface area (Å²) < 4.78 is 5.34. The Labute approximate surface area is 72.0 Å². The molecule has 1 heterocycles. The van der Waals surface area contributed by atoms with Gasteiger partial charge in [-0.2, -0.15) is 0 Å². The van der Waals surface area contributed by atoms with Gasteiger partial charge in [0.15, 0.2) is 0 Å². The fourth-order valence-electron chi connectivity index (χ4n) is 1.59. The zero-order valence-electron chi connectivity index (χ0n) is 7.42. The summed E-state index contributed by atoms with van der Waals surface area (Å²) in [6.45, 7) is 4.27. The fourth-order valence-corrected chi connectivity index (χ4v) is 1.59. The van der Waals surface area contributed by atoms with Crippen LogP contribution in [0.4, 0.5) is 0 Å². The fraction of sp³-hybridized carbons (Fsp3) is 0.273. The van der Waals surface area contributed by atoms with Crippen molar-refractivity contribution in [3.8, 4) is 0 Å². The van der Waals surface area contributed by atoms with Crippen LogP contribution in [-0.4, -0.2) is 0 Å². The van der Waals surface area contributed by atoms with E-state index >= 15 is 0 Å². The van der Waals surface area contributed by atoms with Crippen molar-refractivity contribution >= 4 is 11.0 Å². The minimum Gasteiger partial charge on any atom is -0.464 e. The van der Waals surface area contributed by atoms with Gasteiger partial charge in [-0.15, -0.1) is 0 Å². The van der Waals surface area contributed by atoms with Crippen molar-refractivity contribution < 1.29 is 4.42 Å². The van der Waals surface area contributed by atoms with E-state index in [-0.39, 0.29) is 0 Å². The Morgan fingerprint density at radius 2 is 2.17 bits per heavy atom. The molecule has 2 aromatic rings. The summed E-state index contributed by atoms with van der Waals surface area (Å²) >= 11 is 0. The molecule has 0 saturated carbocycles. The van der Waals surface area contributed by atoms with E-state index in [0.717, 1.165) is 12.0 Å². The first-order valence-electron chi connectivity index (χ1n) is 4.28. The molecule has 0 aliphatic rings. The molecule has 0 bridgehead atoms. The van der Waals surface area contributed by atoms with Gasteiger partial charge in [0.2, 0.25) is 0 Å². The lowest BCUT2D eigenvalue weighted by Crippen LogP contribution is -1.82.